The molecule has 4 aliphatic rings. The van der Waals surface area contributed by atoms with Crippen LogP contribution in [0.4, 0.5) is 5.69 Å². The quantitative estimate of drug-likeness (QED) is 0.167. The number of allylic oxidation sites excluding steroid dienone is 2. The zero-order chi connectivity index (χ0) is 39.0. The minimum Gasteiger partial charge on any atom is -0.366 e. The maximum Gasteiger partial charge on any atom is 0.150 e. The number of nitriles is 1. The van der Waals surface area contributed by atoms with Crippen LogP contribution in [-0.4, -0.2) is 39.3 Å². The highest BCUT2D eigenvalue weighted by molar-refractivity contribution is 5.96. The molecule has 0 amide bonds. The molecule has 6 heterocycles. The fourth-order valence-corrected chi connectivity index (χ4v) is 11.5. The summed E-state index contributed by atoms with van der Waals surface area (Å²) in [6, 6.07) is 15.5. The molecule has 0 saturated carbocycles. The standard InChI is InChI=1S/C48H54N6O/c1-10-29-30(11-2)39-23-40-33(14-5)34(15-6)44(52-40)35-21-28(25-49)46-48(17-8)45(35)53-43(24-41-32(13-4)31(12-3)38(51-41)22-37(29)50-39)47(48,16-7)36-20-27(26-55)18-19-42(36)54(46)9/h18-24,26,46,50-51H,10-17H2,1-9H3/t46-,47+,48+/m1/s1. The van der Waals surface area contributed by atoms with Crippen molar-refractivity contribution in [1.29, 1.82) is 5.26 Å². The SMILES string of the molecule is CCC1=C(CC)c2nc1cc1[nH]c(cc3[nH]c(cc4nc5c2C=C(C#N)[C@H]2N(C)c6ccc(C=O)cc6[C@]4(CC)[C@@]52CC)c(CC)c3CC)c(CC)c1CC. The van der Waals surface area contributed by atoms with Gasteiger partial charge in [-0.1, -0.05) is 55.4 Å². The molecular formula is C48H54N6O. The minimum absolute atomic E-state index is 0.259. The van der Waals surface area contributed by atoms with Crippen molar-refractivity contribution in [2.75, 3.05) is 11.9 Å². The maximum absolute atomic E-state index is 12.5. The molecule has 0 unspecified atom stereocenters. The van der Waals surface area contributed by atoms with E-state index >= 15 is 0 Å². The number of likely N-dealkylation sites (N-methyl/N-ethyl adjacent to an activating group) is 1. The van der Waals surface area contributed by atoms with Gasteiger partial charge in [0.15, 0.2) is 0 Å². The topological polar surface area (TPSA) is 101 Å². The van der Waals surface area contributed by atoms with Crippen molar-refractivity contribution in [3.05, 3.63) is 104 Å². The van der Waals surface area contributed by atoms with Crippen molar-refractivity contribution in [3.8, 4) is 6.07 Å². The number of aldehydes is 1. The van der Waals surface area contributed by atoms with Gasteiger partial charge in [0, 0.05) is 45.9 Å². The monoisotopic (exact) mass is 730 g/mol. The zero-order valence-electron chi connectivity index (χ0n) is 34.1. The number of anilines is 1. The van der Waals surface area contributed by atoms with Crippen LogP contribution in [0.15, 0.2) is 42.0 Å². The number of carbonyl (C=O) groups excluding carboxylic acids is 1. The number of hydrogen-bond donors (Lipinski definition) is 2. The molecule has 0 spiro atoms. The van der Waals surface area contributed by atoms with Crippen LogP contribution in [0.25, 0.3) is 39.3 Å². The Morgan fingerprint density at radius 2 is 1.36 bits per heavy atom. The van der Waals surface area contributed by atoms with Gasteiger partial charge < -0.3 is 14.9 Å². The van der Waals surface area contributed by atoms with E-state index in [-0.39, 0.29) is 6.04 Å². The van der Waals surface area contributed by atoms with Crippen molar-refractivity contribution in [1.82, 2.24) is 19.9 Å². The van der Waals surface area contributed by atoms with E-state index in [1.807, 2.05) is 6.07 Å². The number of aromatic amines is 2. The number of carbonyl (C=O) groups is 1. The summed E-state index contributed by atoms with van der Waals surface area (Å²) in [5, 5.41) is 11.2. The number of H-pyrrole nitrogens is 2. The molecule has 2 N–H and O–H groups in total. The average Bonchev–Trinajstić information content (AvgIpc) is 3.93. The second kappa shape index (κ2) is 13.5. The number of hydrogen-bond acceptors (Lipinski definition) is 5. The summed E-state index contributed by atoms with van der Waals surface area (Å²) >= 11 is 0. The summed E-state index contributed by atoms with van der Waals surface area (Å²) in [7, 11) is 2.11. The number of fused-ring (bicyclic) bond motifs is 11. The van der Waals surface area contributed by atoms with Crippen molar-refractivity contribution < 1.29 is 4.79 Å². The van der Waals surface area contributed by atoms with Crippen molar-refractivity contribution in [2.45, 2.75) is 124 Å². The van der Waals surface area contributed by atoms with Gasteiger partial charge in [-0.05, 0) is 133 Å². The summed E-state index contributed by atoms with van der Waals surface area (Å²) in [4.78, 5) is 34.0. The number of nitrogens with zero attached hydrogens (tertiary/aromatic N) is 4. The van der Waals surface area contributed by atoms with Crippen molar-refractivity contribution in [3.63, 3.8) is 0 Å². The third kappa shape index (κ3) is 4.70. The van der Waals surface area contributed by atoms with Gasteiger partial charge in [-0.15, -0.1) is 0 Å². The molecule has 282 valence electrons. The molecule has 1 aliphatic carbocycles. The number of rotatable bonds is 9. The number of nitrogens with one attached hydrogen (secondary N) is 2. The molecule has 55 heavy (non-hydrogen) atoms. The Labute approximate surface area is 325 Å². The van der Waals surface area contributed by atoms with E-state index in [0.29, 0.717) is 5.56 Å². The first-order valence-electron chi connectivity index (χ1n) is 20.7. The first kappa shape index (κ1) is 36.7. The van der Waals surface area contributed by atoms with Gasteiger partial charge in [0.25, 0.3) is 0 Å². The third-order valence-corrected chi connectivity index (χ3v) is 13.8. The third-order valence-electron chi connectivity index (χ3n) is 13.8. The Kier molecular flexibility index (Phi) is 9.03. The highest BCUT2D eigenvalue weighted by Gasteiger charge is 2.68. The summed E-state index contributed by atoms with van der Waals surface area (Å²) in [5.41, 5.74) is 19.4. The lowest BCUT2D eigenvalue weighted by atomic mass is 9.48. The number of benzene rings is 1. The van der Waals surface area contributed by atoms with Crippen LogP contribution in [-0.2, 0) is 36.5 Å². The normalized spacial score (nSPS) is 21.1. The Bertz CT molecular complexity index is 2560. The van der Waals surface area contributed by atoms with E-state index in [0.717, 1.165) is 125 Å². The molecule has 0 fully saturated rings. The molecule has 4 aromatic rings. The van der Waals surface area contributed by atoms with Crippen LogP contribution >= 0.6 is 0 Å². The lowest BCUT2D eigenvalue weighted by molar-refractivity contribution is 0.112. The Morgan fingerprint density at radius 1 is 0.764 bits per heavy atom. The van der Waals surface area contributed by atoms with E-state index in [4.69, 9.17) is 9.97 Å². The van der Waals surface area contributed by atoms with Gasteiger partial charge in [0.2, 0.25) is 0 Å². The minimum atomic E-state index is -0.633. The van der Waals surface area contributed by atoms with Crippen LogP contribution in [0.1, 0.15) is 148 Å². The first-order chi connectivity index (χ1) is 26.7. The fraction of sp³-hybridized carbons (Fsp3) is 0.417. The summed E-state index contributed by atoms with van der Waals surface area (Å²) < 4.78 is 0. The van der Waals surface area contributed by atoms with E-state index in [9.17, 15) is 10.1 Å². The van der Waals surface area contributed by atoms with Gasteiger partial charge >= 0.3 is 0 Å². The van der Waals surface area contributed by atoms with E-state index in [1.54, 1.807) is 0 Å². The number of aromatic nitrogens is 4. The lowest BCUT2D eigenvalue weighted by Gasteiger charge is -2.59. The fourth-order valence-electron chi connectivity index (χ4n) is 11.5. The van der Waals surface area contributed by atoms with E-state index < -0.39 is 10.8 Å². The molecule has 3 aliphatic heterocycles. The first-order valence-corrected chi connectivity index (χ1v) is 20.7. The predicted molar refractivity (Wildman–Crippen MR) is 227 cm³/mol. The van der Waals surface area contributed by atoms with Gasteiger partial charge in [-0.25, -0.2) is 4.98 Å². The van der Waals surface area contributed by atoms with Crippen LogP contribution in [0.5, 0.6) is 0 Å². The van der Waals surface area contributed by atoms with Gasteiger partial charge in [-0.3, -0.25) is 9.78 Å². The van der Waals surface area contributed by atoms with Crippen LogP contribution in [0, 0.1) is 11.3 Å². The van der Waals surface area contributed by atoms with Crippen LogP contribution < -0.4 is 4.90 Å². The maximum atomic E-state index is 12.5. The molecular weight excluding hydrogens is 677 g/mol. The molecule has 8 bridgehead atoms. The zero-order valence-corrected chi connectivity index (χ0v) is 34.1. The lowest BCUT2D eigenvalue weighted by Crippen LogP contribution is -2.64. The van der Waals surface area contributed by atoms with Crippen molar-refractivity contribution in [2.24, 2.45) is 0 Å². The molecule has 0 saturated heterocycles. The second-order valence-corrected chi connectivity index (χ2v) is 15.6. The molecule has 3 aromatic heterocycles. The van der Waals surface area contributed by atoms with Crippen molar-refractivity contribution >= 4 is 51.3 Å². The molecule has 8 rings (SSSR count). The second-order valence-electron chi connectivity index (χ2n) is 15.6. The van der Waals surface area contributed by atoms with Crippen LogP contribution in [0.2, 0.25) is 0 Å². The molecule has 7 heteroatoms. The number of aryl methyl sites for hydroxylation is 4. The predicted octanol–water partition coefficient (Wildman–Crippen LogP) is 10.9. The smallest absolute Gasteiger partial charge is 0.150 e. The molecule has 7 nitrogen and oxygen atoms in total. The molecule has 3 atom stereocenters. The Balaban J connectivity index is 1.69. The average molecular weight is 731 g/mol. The Hall–Kier alpha value is -5.22. The summed E-state index contributed by atoms with van der Waals surface area (Å²) in [6.07, 6.45) is 9.83. The molecule has 1 aromatic carbocycles. The summed E-state index contributed by atoms with van der Waals surface area (Å²) in [6.45, 7) is 18.0. The van der Waals surface area contributed by atoms with E-state index in [1.165, 1.54) is 33.4 Å². The molecule has 0 radical (unpaired) electrons. The highest BCUT2D eigenvalue weighted by Crippen LogP contribution is 2.66. The largest absolute Gasteiger partial charge is 0.366 e. The van der Waals surface area contributed by atoms with E-state index in [2.05, 4.69) is 120 Å². The highest BCUT2D eigenvalue weighted by atomic mass is 16.1. The van der Waals surface area contributed by atoms with Gasteiger partial charge in [0.1, 0.15) is 6.29 Å². The van der Waals surface area contributed by atoms with Gasteiger partial charge in [-0.2, -0.15) is 5.26 Å². The van der Waals surface area contributed by atoms with Crippen LogP contribution in [0.3, 0.4) is 0 Å². The Morgan fingerprint density at radius 3 is 1.89 bits per heavy atom. The summed E-state index contributed by atoms with van der Waals surface area (Å²) in [5.74, 6) is 0. The van der Waals surface area contributed by atoms with Gasteiger partial charge in [0.05, 0.1) is 51.3 Å².